The van der Waals surface area contributed by atoms with E-state index in [1.165, 1.54) is 25.7 Å². The lowest BCUT2D eigenvalue weighted by molar-refractivity contribution is -0.120. The molecule has 1 aromatic heterocycles. The molecule has 9 heteroatoms. The number of rotatable bonds is 7. The number of carbonyl (C=O) groups excluding carboxylic acids is 1. The van der Waals surface area contributed by atoms with Crippen molar-refractivity contribution in [2.24, 2.45) is 17.8 Å². The number of carbonyl (C=O) groups is 1. The van der Waals surface area contributed by atoms with Crippen LogP contribution in [0.3, 0.4) is 0 Å². The average molecular weight is 526 g/mol. The van der Waals surface area contributed by atoms with Gasteiger partial charge in [-0.1, -0.05) is 11.6 Å². The molecule has 2 aromatic carbocycles. The van der Waals surface area contributed by atoms with Crippen molar-refractivity contribution in [2.45, 2.75) is 32.1 Å². The van der Waals surface area contributed by atoms with Gasteiger partial charge in [-0.3, -0.25) is 9.78 Å². The van der Waals surface area contributed by atoms with E-state index in [-0.39, 0.29) is 11.0 Å². The molecule has 2 aliphatic carbocycles. The van der Waals surface area contributed by atoms with Crippen LogP contribution in [0.2, 0.25) is 5.02 Å². The first-order valence-electron chi connectivity index (χ1n) is 12.0. The molecule has 36 heavy (non-hydrogen) atoms. The number of benzene rings is 2. The fraction of sp³-hybridized carbons (Fsp3) is 0.370. The van der Waals surface area contributed by atoms with E-state index in [1.54, 1.807) is 50.7 Å². The Kier molecular flexibility index (Phi) is 7.16. The van der Waals surface area contributed by atoms with E-state index in [0.717, 1.165) is 5.39 Å². The van der Waals surface area contributed by atoms with E-state index in [9.17, 15) is 4.79 Å². The molecule has 188 valence electrons. The maximum Gasteiger partial charge on any atom is 0.226 e. The summed E-state index contributed by atoms with van der Waals surface area (Å²) in [6.45, 7) is 0. The Bertz CT molecular complexity index is 1300. The lowest BCUT2D eigenvalue weighted by Crippen LogP contribution is -2.35. The lowest BCUT2D eigenvalue weighted by atomic mass is 9.94. The van der Waals surface area contributed by atoms with Gasteiger partial charge in [0.2, 0.25) is 5.91 Å². The van der Waals surface area contributed by atoms with Crippen molar-refractivity contribution in [2.75, 3.05) is 19.5 Å². The summed E-state index contributed by atoms with van der Waals surface area (Å²) in [7, 11) is 3.16. The number of thiocarbonyl (C=S) groups is 1. The largest absolute Gasteiger partial charge is 0.493 e. The second-order valence-electron chi connectivity index (χ2n) is 9.33. The molecule has 0 radical (unpaired) electrons. The van der Waals surface area contributed by atoms with Crippen molar-refractivity contribution in [3.8, 4) is 23.0 Å². The van der Waals surface area contributed by atoms with E-state index < -0.39 is 0 Å². The summed E-state index contributed by atoms with van der Waals surface area (Å²) < 4.78 is 16.9. The third-order valence-electron chi connectivity index (χ3n) is 7.32. The van der Waals surface area contributed by atoms with Gasteiger partial charge in [0.25, 0.3) is 0 Å². The molecule has 2 N–H and O–H groups in total. The zero-order valence-electron chi connectivity index (χ0n) is 20.2. The van der Waals surface area contributed by atoms with Crippen molar-refractivity contribution >= 4 is 51.4 Å². The van der Waals surface area contributed by atoms with Crippen molar-refractivity contribution in [1.29, 1.82) is 0 Å². The van der Waals surface area contributed by atoms with Gasteiger partial charge in [0.1, 0.15) is 11.5 Å². The molecule has 0 unspecified atom stereocenters. The van der Waals surface area contributed by atoms with Gasteiger partial charge in [-0.2, -0.15) is 0 Å². The van der Waals surface area contributed by atoms with Crippen LogP contribution in [0.15, 0.2) is 42.6 Å². The molecule has 1 heterocycles. The predicted octanol–water partition coefficient (Wildman–Crippen LogP) is 6.34. The number of fused-ring (bicyclic) bond motifs is 3. The summed E-state index contributed by atoms with van der Waals surface area (Å²) in [6.07, 6.45) is 7.24. The first kappa shape index (κ1) is 24.6. The number of ether oxygens (including phenoxy) is 3. The fourth-order valence-electron chi connectivity index (χ4n) is 5.59. The first-order valence-corrected chi connectivity index (χ1v) is 12.8. The Morgan fingerprint density at radius 2 is 1.69 bits per heavy atom. The zero-order valence-corrected chi connectivity index (χ0v) is 21.7. The normalized spacial score (nSPS) is 20.2. The quantitative estimate of drug-likeness (QED) is 0.348. The Labute approximate surface area is 220 Å². The second-order valence-corrected chi connectivity index (χ2v) is 10.1. The minimum absolute atomic E-state index is 0.0287. The molecular formula is C27H28ClN3O4S. The number of pyridine rings is 1. The highest BCUT2D eigenvalue weighted by molar-refractivity contribution is 7.80. The SMILES string of the molecule is COc1cc2nccc(Oc3ccc(NC(=S)NC(=O)CC4C5CCC4CC5)cc3Cl)c2cc1OC. The van der Waals surface area contributed by atoms with E-state index in [2.05, 4.69) is 15.6 Å². The van der Waals surface area contributed by atoms with Crippen LogP contribution in [-0.4, -0.2) is 30.2 Å². The van der Waals surface area contributed by atoms with Crippen LogP contribution in [0, 0.1) is 17.8 Å². The van der Waals surface area contributed by atoms with Crippen LogP contribution in [0.1, 0.15) is 32.1 Å². The highest BCUT2D eigenvalue weighted by Gasteiger charge is 2.42. The van der Waals surface area contributed by atoms with Crippen molar-refractivity contribution in [3.63, 3.8) is 0 Å². The van der Waals surface area contributed by atoms with Gasteiger partial charge in [-0.15, -0.1) is 0 Å². The van der Waals surface area contributed by atoms with Crippen LogP contribution in [0.4, 0.5) is 5.69 Å². The number of hydrogen-bond acceptors (Lipinski definition) is 6. The van der Waals surface area contributed by atoms with Crippen LogP contribution < -0.4 is 24.8 Å². The first-order chi connectivity index (χ1) is 17.4. The molecule has 2 fully saturated rings. The molecular weight excluding hydrogens is 498 g/mol. The van der Waals surface area contributed by atoms with Crippen molar-refractivity contribution in [1.82, 2.24) is 10.3 Å². The minimum atomic E-state index is -0.0287. The van der Waals surface area contributed by atoms with Crippen LogP contribution >= 0.6 is 23.8 Å². The summed E-state index contributed by atoms with van der Waals surface area (Å²) in [4.78, 5) is 16.9. The third-order valence-corrected chi connectivity index (χ3v) is 7.82. The summed E-state index contributed by atoms with van der Waals surface area (Å²) in [5.41, 5.74) is 1.36. The maximum atomic E-state index is 12.5. The highest BCUT2D eigenvalue weighted by atomic mass is 35.5. The van der Waals surface area contributed by atoms with Gasteiger partial charge in [0, 0.05) is 29.8 Å². The molecule has 2 saturated carbocycles. The van der Waals surface area contributed by atoms with Gasteiger partial charge in [0.15, 0.2) is 16.6 Å². The smallest absolute Gasteiger partial charge is 0.226 e. The van der Waals surface area contributed by atoms with E-state index in [1.807, 2.05) is 6.07 Å². The number of aromatic nitrogens is 1. The van der Waals surface area contributed by atoms with E-state index in [4.69, 9.17) is 38.0 Å². The monoisotopic (exact) mass is 525 g/mol. The Balaban J connectivity index is 1.24. The molecule has 2 bridgehead atoms. The molecule has 1 amide bonds. The van der Waals surface area contributed by atoms with E-state index in [0.29, 0.717) is 63.4 Å². The summed E-state index contributed by atoms with van der Waals surface area (Å²) >= 11 is 11.9. The molecule has 0 aliphatic heterocycles. The van der Waals surface area contributed by atoms with E-state index >= 15 is 0 Å². The highest BCUT2D eigenvalue weighted by Crippen LogP contribution is 2.50. The predicted molar refractivity (Wildman–Crippen MR) is 144 cm³/mol. The number of nitrogens with one attached hydrogen (secondary N) is 2. The number of hydrogen-bond donors (Lipinski definition) is 2. The van der Waals surface area contributed by atoms with Crippen molar-refractivity contribution in [3.05, 3.63) is 47.6 Å². The number of amides is 1. The van der Waals surface area contributed by atoms with Gasteiger partial charge >= 0.3 is 0 Å². The molecule has 2 aliphatic rings. The summed E-state index contributed by atoms with van der Waals surface area (Å²) in [5.74, 6) is 4.08. The van der Waals surface area contributed by atoms with Crippen LogP contribution in [0.25, 0.3) is 10.9 Å². The zero-order chi connectivity index (χ0) is 25.2. The maximum absolute atomic E-state index is 12.5. The molecule has 0 spiro atoms. The summed E-state index contributed by atoms with van der Waals surface area (Å²) in [6, 6.07) is 10.6. The molecule has 5 rings (SSSR count). The molecule has 0 atom stereocenters. The Morgan fingerprint density at radius 1 is 1.00 bits per heavy atom. The third kappa shape index (κ3) is 5.06. The summed E-state index contributed by atoms with van der Waals surface area (Å²) in [5, 5.41) is 7.27. The average Bonchev–Trinajstić information content (AvgIpc) is 3.43. The Hall–Kier alpha value is -3.10. The van der Waals surface area contributed by atoms with Gasteiger partial charge in [0.05, 0.1) is 24.8 Å². The topological polar surface area (TPSA) is 81.7 Å². The molecule has 3 aromatic rings. The van der Waals surface area contributed by atoms with Gasteiger partial charge in [-0.25, -0.2) is 0 Å². The fourth-order valence-corrected chi connectivity index (χ4v) is 6.04. The second kappa shape index (κ2) is 10.5. The number of nitrogens with zero attached hydrogens (tertiary/aromatic N) is 1. The van der Waals surface area contributed by atoms with Gasteiger partial charge < -0.3 is 24.8 Å². The standard InChI is InChI=1S/C27H28ClN3O4S/c1-33-24-12-19-21(14-25(24)34-2)29-10-9-22(19)35-23-8-7-17(11-20(23)28)30-27(36)31-26(32)13-18-15-3-4-16(18)6-5-15/h7-12,14-16,18H,3-6,13H2,1-2H3,(H2,30,31,32,36). The lowest BCUT2D eigenvalue weighted by Gasteiger charge is -2.16. The number of halogens is 1. The number of methoxy groups -OCH3 is 2. The van der Waals surface area contributed by atoms with Crippen molar-refractivity contribution < 1.29 is 19.0 Å². The molecule has 0 saturated heterocycles. The molecule has 7 nitrogen and oxygen atoms in total. The van der Waals surface area contributed by atoms with Gasteiger partial charge in [-0.05, 0) is 86.0 Å². The minimum Gasteiger partial charge on any atom is -0.493 e. The number of anilines is 1. The van der Waals surface area contributed by atoms with Crippen LogP contribution in [-0.2, 0) is 4.79 Å². The van der Waals surface area contributed by atoms with Crippen LogP contribution in [0.5, 0.6) is 23.0 Å². The Morgan fingerprint density at radius 3 is 2.36 bits per heavy atom.